The first-order chi connectivity index (χ1) is 9.66. The fourth-order valence-corrected chi connectivity index (χ4v) is 2.04. The van der Waals surface area contributed by atoms with Crippen molar-refractivity contribution >= 4 is 17.6 Å². The Balaban J connectivity index is 2.04. The molecule has 0 atom stereocenters. The average molecular weight is 273 g/mol. The van der Waals surface area contributed by atoms with Gasteiger partial charge < -0.3 is 5.11 Å². The lowest BCUT2D eigenvalue weighted by atomic mass is 10.1. The molecule has 1 fully saturated rings. The summed E-state index contributed by atoms with van der Waals surface area (Å²) in [5.74, 6) is -1.22. The average Bonchev–Trinajstić information content (AvgIpc) is 3.07. The lowest BCUT2D eigenvalue weighted by Gasteiger charge is -2.16. The molecule has 1 aromatic heterocycles. The standard InChI is InChI=1S/C13H11N3O4/c17-12-5-6-20-16(12)11-4-2-1-3-8(11)9-7-10(13(18)19)15-14-9/h1-4,7H,5-6H2,(H,14,15)(H,18,19). The molecule has 1 aliphatic rings. The van der Waals surface area contributed by atoms with Gasteiger partial charge in [0.05, 0.1) is 24.4 Å². The Labute approximate surface area is 113 Å². The van der Waals surface area contributed by atoms with Crippen LogP contribution in [0.1, 0.15) is 16.9 Å². The SMILES string of the molecule is O=C(O)c1cc(-c2ccccc2N2OCCC2=O)n[nH]1. The number of hydroxylamine groups is 1. The topological polar surface area (TPSA) is 95.5 Å². The number of hydrogen-bond acceptors (Lipinski definition) is 4. The Hall–Kier alpha value is -2.67. The van der Waals surface area contributed by atoms with Crippen LogP contribution in [-0.2, 0) is 9.63 Å². The molecule has 0 unspecified atom stereocenters. The van der Waals surface area contributed by atoms with Crippen LogP contribution >= 0.6 is 0 Å². The van der Waals surface area contributed by atoms with E-state index in [0.29, 0.717) is 30.0 Å². The molecule has 2 N–H and O–H groups in total. The van der Waals surface area contributed by atoms with Crippen molar-refractivity contribution in [2.45, 2.75) is 6.42 Å². The second-order valence-corrected chi connectivity index (χ2v) is 4.26. The molecule has 3 rings (SSSR count). The van der Waals surface area contributed by atoms with E-state index < -0.39 is 5.97 Å². The van der Waals surface area contributed by atoms with Gasteiger partial charge in [-0.1, -0.05) is 18.2 Å². The number of nitrogens with one attached hydrogen (secondary N) is 1. The molecule has 7 heteroatoms. The molecule has 0 bridgehead atoms. The Morgan fingerprint density at radius 2 is 2.20 bits per heavy atom. The van der Waals surface area contributed by atoms with Crippen LogP contribution in [0.2, 0.25) is 0 Å². The largest absolute Gasteiger partial charge is 0.477 e. The highest BCUT2D eigenvalue weighted by Gasteiger charge is 2.26. The highest BCUT2D eigenvalue weighted by Crippen LogP contribution is 2.32. The molecule has 102 valence electrons. The molecule has 1 aromatic carbocycles. The van der Waals surface area contributed by atoms with E-state index in [-0.39, 0.29) is 11.6 Å². The van der Waals surface area contributed by atoms with E-state index in [9.17, 15) is 9.59 Å². The van der Waals surface area contributed by atoms with Crippen molar-refractivity contribution in [3.63, 3.8) is 0 Å². The first-order valence-electron chi connectivity index (χ1n) is 6.01. The maximum absolute atomic E-state index is 11.8. The lowest BCUT2D eigenvalue weighted by molar-refractivity contribution is -0.119. The molecular formula is C13H11N3O4. The van der Waals surface area contributed by atoms with Crippen molar-refractivity contribution in [3.05, 3.63) is 36.0 Å². The summed E-state index contributed by atoms with van der Waals surface area (Å²) in [6, 6.07) is 8.47. The van der Waals surface area contributed by atoms with Crippen molar-refractivity contribution in [2.24, 2.45) is 0 Å². The Morgan fingerprint density at radius 3 is 2.85 bits per heavy atom. The number of carbonyl (C=O) groups is 2. The van der Waals surface area contributed by atoms with Gasteiger partial charge in [0.2, 0.25) is 0 Å². The third-order valence-electron chi connectivity index (χ3n) is 2.97. The fraction of sp³-hybridized carbons (Fsp3) is 0.154. The molecule has 20 heavy (non-hydrogen) atoms. The summed E-state index contributed by atoms with van der Waals surface area (Å²) in [6.07, 6.45) is 0.329. The number of para-hydroxylation sites is 1. The van der Waals surface area contributed by atoms with Crippen LogP contribution in [0.25, 0.3) is 11.3 Å². The summed E-state index contributed by atoms with van der Waals surface area (Å²) in [5, 5.41) is 16.5. The van der Waals surface area contributed by atoms with Crippen molar-refractivity contribution in [2.75, 3.05) is 11.7 Å². The number of carboxylic acid groups (broad SMARTS) is 1. The number of H-pyrrole nitrogens is 1. The van der Waals surface area contributed by atoms with Gasteiger partial charge in [-0.25, -0.2) is 4.79 Å². The van der Waals surface area contributed by atoms with Gasteiger partial charge in [0, 0.05) is 5.56 Å². The number of aromatic amines is 1. The number of aromatic carboxylic acids is 1. The molecule has 2 heterocycles. The smallest absolute Gasteiger partial charge is 0.353 e. The Morgan fingerprint density at radius 1 is 1.40 bits per heavy atom. The van der Waals surface area contributed by atoms with E-state index in [2.05, 4.69) is 10.2 Å². The third kappa shape index (κ3) is 2.04. The zero-order valence-electron chi connectivity index (χ0n) is 10.4. The van der Waals surface area contributed by atoms with E-state index in [0.717, 1.165) is 0 Å². The van der Waals surface area contributed by atoms with Gasteiger partial charge in [-0.05, 0) is 12.1 Å². The quantitative estimate of drug-likeness (QED) is 0.882. The minimum atomic E-state index is -1.09. The highest BCUT2D eigenvalue weighted by atomic mass is 16.7. The van der Waals surface area contributed by atoms with Crippen LogP contribution < -0.4 is 5.06 Å². The molecule has 1 aliphatic heterocycles. The van der Waals surface area contributed by atoms with Crippen LogP contribution in [0, 0.1) is 0 Å². The van der Waals surface area contributed by atoms with E-state index in [1.165, 1.54) is 11.1 Å². The normalized spacial score (nSPS) is 14.8. The van der Waals surface area contributed by atoms with Crippen LogP contribution in [-0.4, -0.2) is 33.8 Å². The fourth-order valence-electron chi connectivity index (χ4n) is 2.04. The van der Waals surface area contributed by atoms with E-state index in [1.807, 2.05) is 0 Å². The number of aromatic nitrogens is 2. The summed E-state index contributed by atoms with van der Waals surface area (Å²) in [4.78, 5) is 27.9. The maximum Gasteiger partial charge on any atom is 0.353 e. The van der Waals surface area contributed by atoms with Gasteiger partial charge >= 0.3 is 5.97 Å². The number of nitrogens with zero attached hydrogens (tertiary/aromatic N) is 2. The molecular weight excluding hydrogens is 262 g/mol. The lowest BCUT2D eigenvalue weighted by Crippen LogP contribution is -2.22. The third-order valence-corrected chi connectivity index (χ3v) is 2.97. The summed E-state index contributed by atoms with van der Waals surface area (Å²) < 4.78 is 0. The van der Waals surface area contributed by atoms with E-state index in [4.69, 9.17) is 9.94 Å². The number of amides is 1. The zero-order valence-corrected chi connectivity index (χ0v) is 10.4. The maximum atomic E-state index is 11.8. The Bertz CT molecular complexity index is 680. The molecule has 0 spiro atoms. The van der Waals surface area contributed by atoms with E-state index in [1.54, 1.807) is 24.3 Å². The predicted octanol–water partition coefficient (Wildman–Crippen LogP) is 1.44. The van der Waals surface area contributed by atoms with Gasteiger partial charge in [-0.15, -0.1) is 0 Å². The molecule has 7 nitrogen and oxygen atoms in total. The Kier molecular flexibility index (Phi) is 2.96. The minimum absolute atomic E-state index is 0.0107. The summed E-state index contributed by atoms with van der Waals surface area (Å²) >= 11 is 0. The van der Waals surface area contributed by atoms with Crippen LogP contribution in [0.3, 0.4) is 0 Å². The number of hydrogen-bond donors (Lipinski definition) is 2. The zero-order chi connectivity index (χ0) is 14.1. The van der Waals surface area contributed by atoms with Gasteiger partial charge in [0.15, 0.2) is 0 Å². The molecule has 0 saturated carbocycles. The molecule has 1 saturated heterocycles. The number of anilines is 1. The van der Waals surface area contributed by atoms with Gasteiger partial charge in [0.25, 0.3) is 5.91 Å². The van der Waals surface area contributed by atoms with Gasteiger partial charge in [-0.3, -0.25) is 14.7 Å². The minimum Gasteiger partial charge on any atom is -0.477 e. The molecule has 2 aromatic rings. The van der Waals surface area contributed by atoms with Crippen molar-refractivity contribution in [3.8, 4) is 11.3 Å². The van der Waals surface area contributed by atoms with Crippen molar-refractivity contribution < 1.29 is 19.5 Å². The number of benzene rings is 1. The van der Waals surface area contributed by atoms with Crippen LogP contribution in [0.15, 0.2) is 30.3 Å². The second kappa shape index (κ2) is 4.78. The van der Waals surface area contributed by atoms with Crippen LogP contribution in [0.4, 0.5) is 5.69 Å². The molecule has 0 radical (unpaired) electrons. The van der Waals surface area contributed by atoms with Crippen LogP contribution in [0.5, 0.6) is 0 Å². The number of carbonyl (C=O) groups excluding carboxylic acids is 1. The number of rotatable bonds is 3. The summed E-state index contributed by atoms with van der Waals surface area (Å²) in [7, 11) is 0. The first kappa shape index (κ1) is 12.4. The highest BCUT2D eigenvalue weighted by molar-refractivity contribution is 5.97. The first-order valence-corrected chi connectivity index (χ1v) is 6.01. The second-order valence-electron chi connectivity index (χ2n) is 4.26. The summed E-state index contributed by atoms with van der Waals surface area (Å²) in [6.45, 7) is 0.341. The van der Waals surface area contributed by atoms with Gasteiger partial charge in [0.1, 0.15) is 5.69 Å². The monoisotopic (exact) mass is 273 g/mol. The summed E-state index contributed by atoms with van der Waals surface area (Å²) in [5.41, 5.74) is 1.62. The van der Waals surface area contributed by atoms with Crippen molar-refractivity contribution in [1.29, 1.82) is 0 Å². The molecule has 1 amide bonds. The van der Waals surface area contributed by atoms with Gasteiger partial charge in [-0.2, -0.15) is 10.2 Å². The van der Waals surface area contributed by atoms with E-state index >= 15 is 0 Å². The van der Waals surface area contributed by atoms with Crippen molar-refractivity contribution in [1.82, 2.24) is 10.2 Å². The number of carboxylic acids is 1. The molecule has 0 aliphatic carbocycles. The predicted molar refractivity (Wildman–Crippen MR) is 69.0 cm³/mol.